The highest BCUT2D eigenvalue weighted by Gasteiger charge is 2.73. The molecule has 1 spiro atoms. The molecule has 0 N–H and O–H groups in total. The fourth-order valence-corrected chi connectivity index (χ4v) is 12.3. The van der Waals surface area contributed by atoms with Crippen LogP contribution in [0.3, 0.4) is 0 Å². The predicted octanol–water partition coefficient (Wildman–Crippen LogP) is 6.28. The molecule has 7 heteroatoms. The molecule has 0 amide bonds. The molecule has 38 heavy (non-hydrogen) atoms. The van der Waals surface area contributed by atoms with Gasteiger partial charge in [0.25, 0.3) is 0 Å². The smallest absolute Gasteiger partial charge is 0.302 e. The first-order valence-electron chi connectivity index (χ1n) is 15.2. The van der Waals surface area contributed by atoms with Gasteiger partial charge in [-0.2, -0.15) is 0 Å². The second-order valence-electron chi connectivity index (χ2n) is 14.4. The van der Waals surface area contributed by atoms with Crippen LogP contribution in [0.15, 0.2) is 0 Å². The van der Waals surface area contributed by atoms with Gasteiger partial charge in [0.2, 0.25) is 0 Å². The van der Waals surface area contributed by atoms with Crippen molar-refractivity contribution in [2.75, 3.05) is 6.61 Å². The van der Waals surface area contributed by atoms with E-state index in [0.717, 1.165) is 45.1 Å². The highest BCUT2D eigenvalue weighted by atomic mass is 79.9. The van der Waals surface area contributed by atoms with E-state index < -0.39 is 5.79 Å². The third-order valence-electron chi connectivity index (χ3n) is 12.6. The predicted molar refractivity (Wildman–Crippen MR) is 146 cm³/mol. The molecular formula is C31H47BrO6. The Hall–Kier alpha value is -0.660. The summed E-state index contributed by atoms with van der Waals surface area (Å²) in [6.07, 6.45) is 8.47. The Morgan fingerprint density at radius 3 is 2.34 bits per heavy atom. The van der Waals surface area contributed by atoms with Crippen LogP contribution >= 0.6 is 15.9 Å². The molecule has 0 radical (unpaired) electrons. The minimum Gasteiger partial charge on any atom is -0.463 e. The van der Waals surface area contributed by atoms with E-state index in [-0.39, 0.29) is 51.8 Å². The first-order chi connectivity index (χ1) is 17.9. The van der Waals surface area contributed by atoms with Crippen LogP contribution in [0.4, 0.5) is 0 Å². The van der Waals surface area contributed by atoms with Crippen molar-refractivity contribution in [3.05, 3.63) is 0 Å². The quantitative estimate of drug-likeness (QED) is 0.277. The number of hydrogen-bond acceptors (Lipinski definition) is 6. The van der Waals surface area contributed by atoms with Gasteiger partial charge in [-0.3, -0.25) is 9.59 Å². The molecule has 4 saturated carbocycles. The number of rotatable bonds is 2. The van der Waals surface area contributed by atoms with Crippen molar-refractivity contribution in [2.45, 2.75) is 122 Å². The summed E-state index contributed by atoms with van der Waals surface area (Å²) in [4.78, 5) is 24.4. The minimum absolute atomic E-state index is 0.0481. The lowest BCUT2D eigenvalue weighted by atomic mass is 9.43. The minimum atomic E-state index is -0.591. The number of carbonyl (C=O) groups is 2. The van der Waals surface area contributed by atoms with Gasteiger partial charge in [0.1, 0.15) is 12.2 Å². The number of ether oxygens (including phenoxy) is 4. The SMILES string of the molecule is CC(=O)O[C@H]1CC[C@@]2(C)[C@@H](CC[C@@H]3[C@@H]2C[C@@H](OC(C)=O)[C@]2(C)[C@@H]4[C@H](C[C@@H]32)O[C@@]2(OC[C@H](C)C[C@H]2Br)[C@H]4C)C1. The summed E-state index contributed by atoms with van der Waals surface area (Å²) in [5, 5.41) is 0. The first-order valence-corrected chi connectivity index (χ1v) is 16.1. The maximum absolute atomic E-state index is 12.5. The molecule has 214 valence electrons. The summed E-state index contributed by atoms with van der Waals surface area (Å²) >= 11 is 3.98. The normalized spacial score (nSPS) is 55.4. The molecule has 6 nitrogen and oxygen atoms in total. The van der Waals surface area contributed by atoms with Gasteiger partial charge in [-0.05, 0) is 86.4 Å². The van der Waals surface area contributed by atoms with Gasteiger partial charge >= 0.3 is 11.9 Å². The highest BCUT2D eigenvalue weighted by Crippen LogP contribution is 2.72. The molecule has 6 rings (SSSR count). The molecule has 0 aromatic rings. The molecule has 2 saturated heterocycles. The maximum atomic E-state index is 12.5. The Bertz CT molecular complexity index is 972. The largest absolute Gasteiger partial charge is 0.463 e. The molecular weight excluding hydrogens is 548 g/mol. The van der Waals surface area contributed by atoms with Crippen molar-refractivity contribution in [2.24, 2.45) is 52.3 Å². The van der Waals surface area contributed by atoms with Gasteiger partial charge in [0.15, 0.2) is 5.79 Å². The second kappa shape index (κ2) is 9.44. The van der Waals surface area contributed by atoms with E-state index in [2.05, 4.69) is 43.6 Å². The van der Waals surface area contributed by atoms with E-state index in [0.29, 0.717) is 35.5 Å². The monoisotopic (exact) mass is 594 g/mol. The molecule has 0 unspecified atom stereocenters. The van der Waals surface area contributed by atoms with E-state index in [1.54, 1.807) is 6.92 Å². The molecule has 4 aliphatic carbocycles. The summed E-state index contributed by atoms with van der Waals surface area (Å²) in [7, 11) is 0. The van der Waals surface area contributed by atoms with Crippen LogP contribution in [-0.4, -0.2) is 47.5 Å². The van der Waals surface area contributed by atoms with Gasteiger partial charge in [-0.1, -0.05) is 43.6 Å². The van der Waals surface area contributed by atoms with Crippen LogP contribution in [0, 0.1) is 52.3 Å². The summed E-state index contributed by atoms with van der Waals surface area (Å²) in [6.45, 7) is 13.3. The van der Waals surface area contributed by atoms with Gasteiger partial charge in [0.05, 0.1) is 17.5 Å². The zero-order valence-electron chi connectivity index (χ0n) is 24.0. The molecule has 0 aromatic carbocycles. The molecule has 0 bridgehead atoms. The second-order valence-corrected chi connectivity index (χ2v) is 15.5. The maximum Gasteiger partial charge on any atom is 0.302 e. The lowest BCUT2D eigenvalue weighted by Crippen LogP contribution is -2.61. The molecule has 6 fully saturated rings. The Balaban J connectivity index is 1.31. The van der Waals surface area contributed by atoms with Crippen LogP contribution in [0.5, 0.6) is 0 Å². The van der Waals surface area contributed by atoms with Crippen LogP contribution < -0.4 is 0 Å². The Morgan fingerprint density at radius 1 is 0.921 bits per heavy atom. The summed E-state index contributed by atoms with van der Waals surface area (Å²) in [5.41, 5.74) is 0.0615. The van der Waals surface area contributed by atoms with Crippen LogP contribution in [0.1, 0.15) is 92.9 Å². The zero-order valence-corrected chi connectivity index (χ0v) is 25.6. The molecule has 14 atom stereocenters. The number of carbonyl (C=O) groups excluding carboxylic acids is 2. The van der Waals surface area contributed by atoms with Gasteiger partial charge in [-0.25, -0.2) is 0 Å². The Morgan fingerprint density at radius 2 is 1.66 bits per heavy atom. The van der Waals surface area contributed by atoms with Gasteiger partial charge in [0, 0.05) is 31.1 Å². The first kappa shape index (κ1) is 27.5. The average Bonchev–Trinajstić information content (AvgIpc) is 3.29. The fraction of sp³-hybridized carbons (Fsp3) is 0.935. The topological polar surface area (TPSA) is 71.1 Å². The van der Waals surface area contributed by atoms with E-state index in [1.807, 2.05) is 0 Å². The standard InChI is InChI=1S/C31H47BrO6/c1-16-11-26(32)31(35-15-16)17(2)28-25(38-31)13-24-22-8-7-20-12-21(36-18(3)33)9-10-29(20,5)23(22)14-27(30(24,28)6)37-19(4)34/h16-17,20-28H,7-15H2,1-6H3/t16-,17+,20+,21+,22-,23+,24+,25+,26-,27-,28+,29+,30-,31+/m1/s1. The Kier molecular flexibility index (Phi) is 6.83. The molecule has 6 aliphatic rings. The third-order valence-corrected chi connectivity index (χ3v) is 13.6. The van der Waals surface area contributed by atoms with Crippen molar-refractivity contribution in [1.29, 1.82) is 0 Å². The fourth-order valence-electron chi connectivity index (χ4n) is 11.0. The molecule has 2 heterocycles. The highest BCUT2D eigenvalue weighted by molar-refractivity contribution is 9.09. The Labute approximate surface area is 236 Å². The lowest BCUT2D eigenvalue weighted by Gasteiger charge is -2.62. The lowest BCUT2D eigenvalue weighted by molar-refractivity contribution is -0.269. The van der Waals surface area contributed by atoms with Crippen molar-refractivity contribution in [3.8, 4) is 0 Å². The van der Waals surface area contributed by atoms with Crippen molar-refractivity contribution in [3.63, 3.8) is 0 Å². The van der Waals surface area contributed by atoms with E-state index in [4.69, 9.17) is 18.9 Å². The molecule has 0 aromatic heterocycles. The number of esters is 2. The van der Waals surface area contributed by atoms with Gasteiger partial charge < -0.3 is 18.9 Å². The number of halogens is 1. The number of fused-ring (bicyclic) bond motifs is 7. The van der Waals surface area contributed by atoms with Crippen LogP contribution in [0.25, 0.3) is 0 Å². The van der Waals surface area contributed by atoms with Crippen molar-refractivity contribution >= 4 is 27.9 Å². The average molecular weight is 596 g/mol. The zero-order chi connectivity index (χ0) is 27.2. The number of alkyl halides is 1. The van der Waals surface area contributed by atoms with Crippen molar-refractivity contribution in [1.82, 2.24) is 0 Å². The summed E-state index contributed by atoms with van der Waals surface area (Å²) in [6, 6.07) is 0. The van der Waals surface area contributed by atoms with Crippen LogP contribution in [0.2, 0.25) is 0 Å². The van der Waals surface area contributed by atoms with E-state index in [9.17, 15) is 9.59 Å². The van der Waals surface area contributed by atoms with Crippen LogP contribution in [-0.2, 0) is 28.5 Å². The van der Waals surface area contributed by atoms with E-state index in [1.165, 1.54) is 19.8 Å². The van der Waals surface area contributed by atoms with Gasteiger partial charge in [-0.15, -0.1) is 0 Å². The van der Waals surface area contributed by atoms with E-state index >= 15 is 0 Å². The molecule has 2 aliphatic heterocycles. The van der Waals surface area contributed by atoms with Crippen molar-refractivity contribution < 1.29 is 28.5 Å². The summed E-state index contributed by atoms with van der Waals surface area (Å²) in [5.74, 6) is 2.26. The number of hydrogen-bond donors (Lipinski definition) is 0. The summed E-state index contributed by atoms with van der Waals surface area (Å²) < 4.78 is 25.5. The third kappa shape index (κ3) is 3.90.